The van der Waals surface area contributed by atoms with Crippen LogP contribution in [-0.2, 0) is 20.7 Å². The van der Waals surface area contributed by atoms with Crippen LogP contribution in [0.4, 0.5) is 0 Å². The van der Waals surface area contributed by atoms with Gasteiger partial charge < -0.3 is 10.1 Å². The van der Waals surface area contributed by atoms with Gasteiger partial charge in [-0.3, -0.25) is 9.59 Å². The number of carbonyl (C=O) groups is 2. The van der Waals surface area contributed by atoms with Gasteiger partial charge in [0, 0.05) is 23.8 Å². The lowest BCUT2D eigenvalue weighted by molar-refractivity contribution is -0.144. The SMILES string of the molecule is CCOC(=O)CCC(=O)NC(C)Cc1cccs1. The summed E-state index contributed by atoms with van der Waals surface area (Å²) < 4.78 is 4.77. The second-order valence-electron chi connectivity index (χ2n) is 4.06. The summed E-state index contributed by atoms with van der Waals surface area (Å²) in [6.45, 7) is 4.07. The number of esters is 1. The largest absolute Gasteiger partial charge is 0.466 e. The summed E-state index contributed by atoms with van der Waals surface area (Å²) in [5.41, 5.74) is 0. The molecule has 1 aromatic heterocycles. The van der Waals surface area contributed by atoms with E-state index in [9.17, 15) is 9.59 Å². The standard InChI is InChI=1S/C13H19NO3S/c1-3-17-13(16)7-6-12(15)14-10(2)9-11-5-4-8-18-11/h4-5,8,10H,3,6-7,9H2,1-2H3,(H,14,15). The molecule has 4 nitrogen and oxygen atoms in total. The van der Waals surface area contributed by atoms with Gasteiger partial charge in [0.15, 0.2) is 0 Å². The third kappa shape index (κ3) is 5.82. The van der Waals surface area contributed by atoms with Gasteiger partial charge in [-0.25, -0.2) is 0 Å². The molecule has 1 atom stereocenters. The Labute approximate surface area is 111 Å². The molecule has 0 bridgehead atoms. The molecule has 1 rings (SSSR count). The Bertz CT molecular complexity index is 376. The smallest absolute Gasteiger partial charge is 0.306 e. The van der Waals surface area contributed by atoms with Gasteiger partial charge in [-0.15, -0.1) is 11.3 Å². The first kappa shape index (κ1) is 14.7. The molecule has 1 aromatic rings. The summed E-state index contributed by atoms with van der Waals surface area (Å²) in [6.07, 6.45) is 1.15. The molecule has 5 heteroatoms. The Kier molecular flexibility index (Phi) is 6.43. The summed E-state index contributed by atoms with van der Waals surface area (Å²) in [5, 5.41) is 4.89. The van der Waals surface area contributed by atoms with Crippen LogP contribution >= 0.6 is 11.3 Å². The van der Waals surface area contributed by atoms with E-state index >= 15 is 0 Å². The number of carbonyl (C=O) groups excluding carboxylic acids is 2. The van der Waals surface area contributed by atoms with Crippen molar-refractivity contribution in [2.24, 2.45) is 0 Å². The fourth-order valence-electron chi connectivity index (χ4n) is 1.58. The van der Waals surface area contributed by atoms with Gasteiger partial charge in [-0.1, -0.05) is 6.07 Å². The predicted octanol–water partition coefficient (Wildman–Crippen LogP) is 2.14. The van der Waals surface area contributed by atoms with Crippen molar-refractivity contribution in [1.29, 1.82) is 0 Å². The van der Waals surface area contributed by atoms with Crippen molar-refractivity contribution in [2.45, 2.75) is 39.2 Å². The molecule has 100 valence electrons. The van der Waals surface area contributed by atoms with Crippen LogP contribution < -0.4 is 5.32 Å². The number of thiophene rings is 1. The molecule has 0 aliphatic carbocycles. The van der Waals surface area contributed by atoms with Crippen LogP contribution in [0.1, 0.15) is 31.6 Å². The number of ether oxygens (including phenoxy) is 1. The van der Waals surface area contributed by atoms with Gasteiger partial charge >= 0.3 is 5.97 Å². The van der Waals surface area contributed by atoms with Crippen molar-refractivity contribution in [3.8, 4) is 0 Å². The minimum Gasteiger partial charge on any atom is -0.466 e. The topological polar surface area (TPSA) is 55.4 Å². The second kappa shape index (κ2) is 7.87. The molecule has 1 amide bonds. The Morgan fingerprint density at radius 3 is 2.83 bits per heavy atom. The maximum Gasteiger partial charge on any atom is 0.306 e. The maximum absolute atomic E-state index is 11.6. The van der Waals surface area contributed by atoms with Crippen LogP contribution in [-0.4, -0.2) is 24.5 Å². The van der Waals surface area contributed by atoms with Crippen LogP contribution in [0.3, 0.4) is 0 Å². The molecule has 0 fully saturated rings. The zero-order valence-corrected chi connectivity index (χ0v) is 11.6. The quantitative estimate of drug-likeness (QED) is 0.772. The molecule has 1 unspecified atom stereocenters. The molecule has 0 saturated heterocycles. The van der Waals surface area contributed by atoms with Gasteiger partial charge in [0.2, 0.25) is 5.91 Å². The van der Waals surface area contributed by atoms with Crippen molar-refractivity contribution in [1.82, 2.24) is 5.32 Å². The molecule has 1 heterocycles. The van der Waals surface area contributed by atoms with Gasteiger partial charge in [-0.2, -0.15) is 0 Å². The van der Waals surface area contributed by atoms with Crippen molar-refractivity contribution in [3.05, 3.63) is 22.4 Å². The van der Waals surface area contributed by atoms with Crippen molar-refractivity contribution < 1.29 is 14.3 Å². The molecule has 0 aliphatic heterocycles. The third-order valence-corrected chi connectivity index (χ3v) is 3.26. The fourth-order valence-corrected chi connectivity index (χ4v) is 2.41. The molecule has 0 radical (unpaired) electrons. The molecule has 0 aromatic carbocycles. The molecule has 0 spiro atoms. The first-order valence-electron chi connectivity index (χ1n) is 6.09. The average molecular weight is 269 g/mol. The van der Waals surface area contributed by atoms with E-state index in [2.05, 4.69) is 5.32 Å². The summed E-state index contributed by atoms with van der Waals surface area (Å²) in [6, 6.07) is 4.12. The zero-order valence-electron chi connectivity index (χ0n) is 10.8. The average Bonchev–Trinajstić information content (AvgIpc) is 2.79. The van der Waals surface area contributed by atoms with Gasteiger partial charge in [0.25, 0.3) is 0 Å². The lowest BCUT2D eigenvalue weighted by Gasteiger charge is -2.12. The predicted molar refractivity (Wildman–Crippen MR) is 71.5 cm³/mol. The lowest BCUT2D eigenvalue weighted by Crippen LogP contribution is -2.34. The van der Waals surface area contributed by atoms with Gasteiger partial charge in [-0.05, 0) is 25.3 Å². The van der Waals surface area contributed by atoms with E-state index in [4.69, 9.17) is 4.74 Å². The lowest BCUT2D eigenvalue weighted by atomic mass is 10.2. The molecule has 18 heavy (non-hydrogen) atoms. The van der Waals surface area contributed by atoms with Crippen LogP contribution in [0.25, 0.3) is 0 Å². The molecule has 1 N–H and O–H groups in total. The minimum absolute atomic E-state index is 0.0818. The van der Waals surface area contributed by atoms with Crippen LogP contribution in [0.5, 0.6) is 0 Å². The van der Waals surface area contributed by atoms with Crippen molar-refractivity contribution in [3.63, 3.8) is 0 Å². The molecular formula is C13H19NO3S. The number of hydrogen-bond acceptors (Lipinski definition) is 4. The second-order valence-corrected chi connectivity index (χ2v) is 5.09. The van der Waals surface area contributed by atoms with Gasteiger partial charge in [0.1, 0.15) is 0 Å². The summed E-state index contributed by atoms with van der Waals surface area (Å²) >= 11 is 1.68. The Balaban J connectivity index is 2.21. The summed E-state index contributed by atoms with van der Waals surface area (Å²) in [7, 11) is 0. The monoisotopic (exact) mass is 269 g/mol. The highest BCUT2D eigenvalue weighted by molar-refractivity contribution is 7.09. The van der Waals surface area contributed by atoms with E-state index in [1.54, 1.807) is 18.3 Å². The highest BCUT2D eigenvalue weighted by Crippen LogP contribution is 2.11. The fraction of sp³-hybridized carbons (Fsp3) is 0.538. The Morgan fingerprint density at radius 1 is 1.44 bits per heavy atom. The van der Waals surface area contributed by atoms with E-state index in [1.807, 2.05) is 24.4 Å². The first-order chi connectivity index (χ1) is 8.61. The Morgan fingerprint density at radius 2 is 2.22 bits per heavy atom. The van der Waals surface area contributed by atoms with Crippen molar-refractivity contribution in [2.75, 3.05) is 6.61 Å². The number of nitrogens with one attached hydrogen (secondary N) is 1. The maximum atomic E-state index is 11.6. The summed E-state index contributed by atoms with van der Waals surface area (Å²) in [4.78, 5) is 23.9. The highest BCUT2D eigenvalue weighted by Gasteiger charge is 2.11. The number of hydrogen-bond donors (Lipinski definition) is 1. The van der Waals surface area contributed by atoms with Crippen LogP contribution in [0.15, 0.2) is 17.5 Å². The van der Waals surface area contributed by atoms with Crippen LogP contribution in [0, 0.1) is 0 Å². The van der Waals surface area contributed by atoms with E-state index in [1.165, 1.54) is 4.88 Å². The van der Waals surface area contributed by atoms with E-state index < -0.39 is 0 Å². The number of rotatable bonds is 7. The minimum atomic E-state index is -0.321. The van der Waals surface area contributed by atoms with Crippen LogP contribution in [0.2, 0.25) is 0 Å². The van der Waals surface area contributed by atoms with Crippen molar-refractivity contribution >= 4 is 23.2 Å². The highest BCUT2D eigenvalue weighted by atomic mass is 32.1. The molecule has 0 saturated carbocycles. The summed E-state index contributed by atoms with van der Waals surface area (Å²) in [5.74, 6) is -0.425. The molecule has 0 aliphatic rings. The first-order valence-corrected chi connectivity index (χ1v) is 6.97. The number of amides is 1. The molecular weight excluding hydrogens is 250 g/mol. The van der Waals surface area contributed by atoms with Gasteiger partial charge in [0.05, 0.1) is 13.0 Å². The zero-order chi connectivity index (χ0) is 13.4. The van der Waals surface area contributed by atoms with E-state index in [-0.39, 0.29) is 30.8 Å². The Hall–Kier alpha value is -1.36. The van der Waals surface area contributed by atoms with E-state index in [0.29, 0.717) is 6.61 Å². The normalized spacial score (nSPS) is 11.9. The van der Waals surface area contributed by atoms with E-state index in [0.717, 1.165) is 6.42 Å². The third-order valence-electron chi connectivity index (χ3n) is 2.36.